The molecule has 0 aliphatic carbocycles. The predicted octanol–water partition coefficient (Wildman–Crippen LogP) is 4.94. The number of hydrogen-bond acceptors (Lipinski definition) is 3. The van der Waals surface area contributed by atoms with E-state index in [-0.39, 0.29) is 23.7 Å². The van der Waals surface area contributed by atoms with E-state index in [1.54, 1.807) is 0 Å². The van der Waals surface area contributed by atoms with Crippen molar-refractivity contribution in [2.24, 2.45) is 5.92 Å². The van der Waals surface area contributed by atoms with Gasteiger partial charge in [0.1, 0.15) is 0 Å². The normalized spacial score (nSPS) is 17.9. The molecular weight excluding hydrogens is 470 g/mol. The van der Waals surface area contributed by atoms with Gasteiger partial charge in [0.25, 0.3) is 0 Å². The van der Waals surface area contributed by atoms with E-state index in [2.05, 4.69) is 22.6 Å². The molecule has 3 aromatic rings. The number of carbonyl (C=O) groups excluding carboxylic acids is 2. The Labute approximate surface area is 218 Å². The average Bonchev–Trinajstić information content (AvgIpc) is 2.91. The lowest BCUT2D eigenvalue weighted by molar-refractivity contribution is -0.127. The Hall–Kier alpha value is -3.15. The number of benzene rings is 3. The van der Waals surface area contributed by atoms with Gasteiger partial charge in [0, 0.05) is 31.1 Å². The molecule has 2 amide bonds. The molecule has 1 heterocycles. The minimum absolute atomic E-state index is 0.0443. The maximum absolute atomic E-state index is 13.2. The number of amides is 2. The lowest BCUT2D eigenvalue weighted by atomic mass is 9.80. The first-order valence-electron chi connectivity index (χ1n) is 12.6. The van der Waals surface area contributed by atoms with Gasteiger partial charge in [-0.2, -0.15) is 0 Å². The largest absolute Gasteiger partial charge is 0.352 e. The van der Waals surface area contributed by atoms with Gasteiger partial charge in [-0.3, -0.25) is 9.59 Å². The number of aryl methyl sites for hydroxylation is 1. The number of rotatable bonds is 9. The van der Waals surface area contributed by atoms with Gasteiger partial charge < -0.3 is 15.5 Å². The molecule has 0 radical (unpaired) electrons. The van der Waals surface area contributed by atoms with E-state index in [0.717, 1.165) is 37.1 Å². The number of halogens is 1. The molecule has 4 rings (SSSR count). The topological polar surface area (TPSA) is 61.4 Å². The van der Waals surface area contributed by atoms with Crippen molar-refractivity contribution in [2.45, 2.75) is 38.3 Å². The number of likely N-dealkylation sites (tertiary alicyclic amines) is 1. The van der Waals surface area contributed by atoms with Crippen LogP contribution in [0.25, 0.3) is 0 Å². The van der Waals surface area contributed by atoms with Crippen LogP contribution in [0.15, 0.2) is 78.9 Å². The summed E-state index contributed by atoms with van der Waals surface area (Å²) >= 11 is 6.07. The molecule has 1 aliphatic rings. The van der Waals surface area contributed by atoms with E-state index in [0.29, 0.717) is 24.5 Å². The first kappa shape index (κ1) is 25.9. The van der Waals surface area contributed by atoms with Gasteiger partial charge in [-0.15, -0.1) is 0 Å². The lowest BCUT2D eigenvalue weighted by Crippen LogP contribution is -2.45. The Morgan fingerprint density at radius 2 is 1.50 bits per heavy atom. The molecule has 188 valence electrons. The Balaban J connectivity index is 1.25. The molecule has 2 unspecified atom stereocenters. The Kier molecular flexibility index (Phi) is 9.15. The van der Waals surface area contributed by atoms with Crippen LogP contribution in [0.5, 0.6) is 0 Å². The summed E-state index contributed by atoms with van der Waals surface area (Å²) in [5.74, 6) is 0.209. The Bertz CT molecular complexity index is 1130. The number of piperidine rings is 1. The molecule has 2 atom stereocenters. The summed E-state index contributed by atoms with van der Waals surface area (Å²) in [5.41, 5.74) is 4.41. The molecule has 0 saturated carbocycles. The predicted molar refractivity (Wildman–Crippen MR) is 145 cm³/mol. The zero-order chi connectivity index (χ0) is 25.3. The fraction of sp³-hybridized carbons (Fsp3) is 0.333. The molecular formula is C30H34ClN3O2. The monoisotopic (exact) mass is 503 g/mol. The van der Waals surface area contributed by atoms with Crippen molar-refractivity contribution in [2.75, 3.05) is 20.1 Å². The maximum atomic E-state index is 13.2. The second-order valence-corrected chi connectivity index (χ2v) is 10.0. The van der Waals surface area contributed by atoms with Crippen molar-refractivity contribution in [3.05, 3.63) is 106 Å². The van der Waals surface area contributed by atoms with Gasteiger partial charge in [0.05, 0.1) is 5.92 Å². The fourth-order valence-electron chi connectivity index (χ4n) is 4.78. The highest BCUT2D eigenvalue weighted by molar-refractivity contribution is 6.30. The third-order valence-electron chi connectivity index (χ3n) is 6.91. The molecule has 1 aliphatic heterocycles. The van der Waals surface area contributed by atoms with Gasteiger partial charge in [-0.05, 0) is 66.7 Å². The van der Waals surface area contributed by atoms with E-state index < -0.39 is 0 Å². The van der Waals surface area contributed by atoms with Crippen LogP contribution in [0.1, 0.15) is 41.0 Å². The molecule has 3 aromatic carbocycles. The van der Waals surface area contributed by atoms with Crippen LogP contribution < -0.4 is 10.6 Å². The number of nitrogens with one attached hydrogen (secondary N) is 2. The summed E-state index contributed by atoms with van der Waals surface area (Å²) in [7, 11) is 2.07. The first-order valence-corrected chi connectivity index (χ1v) is 13.0. The third-order valence-corrected chi connectivity index (χ3v) is 7.17. The van der Waals surface area contributed by atoms with E-state index in [9.17, 15) is 9.59 Å². The quantitative estimate of drug-likeness (QED) is 0.434. The molecule has 6 heteroatoms. The summed E-state index contributed by atoms with van der Waals surface area (Å²) in [6, 6.07) is 25.9. The molecule has 0 bridgehead atoms. The van der Waals surface area contributed by atoms with Gasteiger partial charge in [0.2, 0.25) is 11.8 Å². The Morgan fingerprint density at radius 3 is 2.17 bits per heavy atom. The zero-order valence-electron chi connectivity index (χ0n) is 20.8. The molecule has 1 saturated heterocycles. The van der Waals surface area contributed by atoms with E-state index in [1.165, 1.54) is 11.1 Å². The minimum atomic E-state index is -0.102. The molecule has 36 heavy (non-hydrogen) atoms. The second-order valence-electron chi connectivity index (χ2n) is 9.61. The van der Waals surface area contributed by atoms with Crippen LogP contribution >= 0.6 is 11.6 Å². The summed E-state index contributed by atoms with van der Waals surface area (Å²) in [6.45, 7) is 2.69. The van der Waals surface area contributed by atoms with Crippen molar-refractivity contribution in [3.8, 4) is 0 Å². The van der Waals surface area contributed by atoms with E-state index >= 15 is 0 Å². The minimum Gasteiger partial charge on any atom is -0.352 e. The second kappa shape index (κ2) is 12.7. The van der Waals surface area contributed by atoms with E-state index in [4.69, 9.17) is 11.6 Å². The highest BCUT2D eigenvalue weighted by Crippen LogP contribution is 2.33. The Morgan fingerprint density at radius 1 is 0.861 bits per heavy atom. The van der Waals surface area contributed by atoms with Crippen molar-refractivity contribution >= 4 is 23.4 Å². The SMILES string of the molecule is CN1CCC(c2ccc(Cl)cc2)C(C(=O)NCc2ccc(CNC(=O)CCc3ccccc3)cc2)C1. The van der Waals surface area contributed by atoms with Crippen LogP contribution in [0.3, 0.4) is 0 Å². The highest BCUT2D eigenvalue weighted by atomic mass is 35.5. The fourth-order valence-corrected chi connectivity index (χ4v) is 4.90. The third kappa shape index (κ3) is 7.42. The standard InChI is InChI=1S/C30H34ClN3O2/c1-34-18-17-27(25-12-14-26(31)15-13-25)28(21-34)30(36)33-20-24-9-7-23(8-10-24)19-32-29(35)16-11-22-5-3-2-4-6-22/h2-10,12-15,27-28H,11,16-21H2,1H3,(H,32,35)(H,33,36). The number of hydrogen-bond donors (Lipinski definition) is 2. The maximum Gasteiger partial charge on any atom is 0.225 e. The highest BCUT2D eigenvalue weighted by Gasteiger charge is 2.34. The lowest BCUT2D eigenvalue weighted by Gasteiger charge is -2.36. The molecule has 2 N–H and O–H groups in total. The molecule has 0 aromatic heterocycles. The first-order chi connectivity index (χ1) is 17.5. The van der Waals surface area contributed by atoms with Crippen LogP contribution in [0.4, 0.5) is 0 Å². The summed E-state index contributed by atoms with van der Waals surface area (Å²) < 4.78 is 0. The molecule has 5 nitrogen and oxygen atoms in total. The van der Waals surface area contributed by atoms with Gasteiger partial charge in [0.15, 0.2) is 0 Å². The number of nitrogens with zero attached hydrogens (tertiary/aromatic N) is 1. The van der Waals surface area contributed by atoms with Crippen LogP contribution in [-0.4, -0.2) is 36.9 Å². The zero-order valence-corrected chi connectivity index (χ0v) is 21.5. The summed E-state index contributed by atoms with van der Waals surface area (Å²) in [4.78, 5) is 27.6. The van der Waals surface area contributed by atoms with E-state index in [1.807, 2.05) is 78.9 Å². The van der Waals surface area contributed by atoms with Gasteiger partial charge >= 0.3 is 0 Å². The average molecular weight is 504 g/mol. The van der Waals surface area contributed by atoms with Gasteiger partial charge in [-0.1, -0.05) is 78.3 Å². The van der Waals surface area contributed by atoms with Crippen LogP contribution in [0.2, 0.25) is 5.02 Å². The van der Waals surface area contributed by atoms with Crippen molar-refractivity contribution in [3.63, 3.8) is 0 Å². The molecule has 1 fully saturated rings. The number of carbonyl (C=O) groups is 2. The summed E-state index contributed by atoms with van der Waals surface area (Å²) in [6.07, 6.45) is 2.16. The smallest absolute Gasteiger partial charge is 0.225 e. The van der Waals surface area contributed by atoms with Crippen LogP contribution in [-0.2, 0) is 29.1 Å². The van der Waals surface area contributed by atoms with Crippen molar-refractivity contribution < 1.29 is 9.59 Å². The summed E-state index contributed by atoms with van der Waals surface area (Å²) in [5, 5.41) is 6.84. The molecule has 0 spiro atoms. The van der Waals surface area contributed by atoms with Crippen LogP contribution in [0, 0.1) is 5.92 Å². The van der Waals surface area contributed by atoms with Crippen molar-refractivity contribution in [1.82, 2.24) is 15.5 Å². The van der Waals surface area contributed by atoms with Crippen molar-refractivity contribution in [1.29, 1.82) is 0 Å². The van der Waals surface area contributed by atoms with Gasteiger partial charge in [-0.25, -0.2) is 0 Å².